The van der Waals surface area contributed by atoms with Gasteiger partial charge in [-0.15, -0.1) is 4.36 Å². The standard InChI is InChI=1S/C23H26N4O3S/c1-23(2,29)17-8-5-9-18(13-17)31(30,25-14-24)27-22(28)26-21-19-10-3-6-15(19)12-16-7-4-11-20(16)21/h5,8-9,12-13,29H,3-4,6-7,10-11H2,1-2H3,(H2,25,26,27,28,30)/t31-/m1/s1. The third-order valence-electron chi connectivity index (χ3n) is 5.96. The Balaban J connectivity index is 1.73. The number of carbonyl (C=O) groups is 1. The molecule has 162 valence electrons. The van der Waals surface area contributed by atoms with Gasteiger partial charge in [0.2, 0.25) is 0 Å². The van der Waals surface area contributed by atoms with Crippen LogP contribution < -0.4 is 10.0 Å². The average Bonchev–Trinajstić information content (AvgIpc) is 3.36. The van der Waals surface area contributed by atoms with E-state index in [-0.39, 0.29) is 4.90 Å². The zero-order chi connectivity index (χ0) is 22.2. The summed E-state index contributed by atoms with van der Waals surface area (Å²) in [6.07, 6.45) is 7.56. The van der Waals surface area contributed by atoms with Gasteiger partial charge in [-0.3, -0.25) is 0 Å². The zero-order valence-electron chi connectivity index (χ0n) is 17.7. The van der Waals surface area contributed by atoms with E-state index < -0.39 is 21.5 Å². The first kappa shape index (κ1) is 21.3. The fraction of sp³-hybridized carbons (Fsp3) is 0.391. The fourth-order valence-electron chi connectivity index (χ4n) is 4.46. The molecule has 0 aliphatic heterocycles. The molecule has 0 aromatic heterocycles. The van der Waals surface area contributed by atoms with Crippen LogP contribution in [0.15, 0.2) is 39.6 Å². The van der Waals surface area contributed by atoms with Crippen LogP contribution in [0.5, 0.6) is 0 Å². The molecule has 7 nitrogen and oxygen atoms in total. The predicted octanol–water partition coefficient (Wildman–Crippen LogP) is 3.94. The van der Waals surface area contributed by atoms with E-state index in [2.05, 4.69) is 20.5 Å². The number of carbonyl (C=O) groups excluding carboxylic acids is 1. The van der Waals surface area contributed by atoms with E-state index in [0.29, 0.717) is 5.56 Å². The zero-order valence-corrected chi connectivity index (χ0v) is 18.5. The summed E-state index contributed by atoms with van der Waals surface area (Å²) >= 11 is 0. The monoisotopic (exact) mass is 438 g/mol. The normalized spacial score (nSPS) is 16.6. The highest BCUT2D eigenvalue weighted by Gasteiger charge is 2.26. The predicted molar refractivity (Wildman–Crippen MR) is 119 cm³/mol. The summed E-state index contributed by atoms with van der Waals surface area (Å²) < 4.78 is 19.6. The second-order valence-corrected chi connectivity index (χ2v) is 10.5. The fourth-order valence-corrected chi connectivity index (χ4v) is 5.68. The van der Waals surface area contributed by atoms with Gasteiger partial charge in [0.05, 0.1) is 10.5 Å². The molecule has 31 heavy (non-hydrogen) atoms. The number of anilines is 1. The minimum absolute atomic E-state index is 0.160. The van der Waals surface area contributed by atoms with Crippen LogP contribution in [0.1, 0.15) is 54.5 Å². The number of aryl methyl sites for hydroxylation is 2. The minimum atomic E-state index is -3.56. The smallest absolute Gasteiger partial charge is 0.355 e. The Labute approximate surface area is 182 Å². The number of hydrogen-bond acceptors (Lipinski definition) is 4. The van der Waals surface area contributed by atoms with Gasteiger partial charge in [0, 0.05) is 5.69 Å². The summed E-state index contributed by atoms with van der Waals surface area (Å²) in [4.78, 5) is 13.1. The Morgan fingerprint density at radius 2 is 1.77 bits per heavy atom. The van der Waals surface area contributed by atoms with Gasteiger partial charge in [-0.2, -0.15) is 5.26 Å². The van der Waals surface area contributed by atoms with Crippen LogP contribution in [0.2, 0.25) is 0 Å². The van der Waals surface area contributed by atoms with Crippen molar-refractivity contribution >= 4 is 21.6 Å². The van der Waals surface area contributed by atoms with Gasteiger partial charge in [0.15, 0.2) is 16.1 Å². The van der Waals surface area contributed by atoms with E-state index in [1.165, 1.54) is 23.3 Å². The Kier molecular flexibility index (Phi) is 5.50. The van der Waals surface area contributed by atoms with Crippen LogP contribution in [0.25, 0.3) is 0 Å². The van der Waals surface area contributed by atoms with Crippen LogP contribution in [-0.2, 0) is 41.2 Å². The number of nitrogens with zero attached hydrogens (tertiary/aromatic N) is 2. The number of fused-ring (bicyclic) bond motifs is 2. The summed E-state index contributed by atoms with van der Waals surface area (Å²) in [5.74, 6) is 0. The van der Waals surface area contributed by atoms with Gasteiger partial charge in [-0.1, -0.05) is 18.2 Å². The Morgan fingerprint density at radius 3 is 2.35 bits per heavy atom. The van der Waals surface area contributed by atoms with Crippen molar-refractivity contribution in [1.29, 1.82) is 5.26 Å². The van der Waals surface area contributed by atoms with Crippen molar-refractivity contribution in [3.63, 3.8) is 0 Å². The molecule has 2 amide bonds. The van der Waals surface area contributed by atoms with E-state index >= 15 is 0 Å². The van der Waals surface area contributed by atoms with Gasteiger partial charge in [0.25, 0.3) is 0 Å². The molecule has 2 aliphatic carbocycles. The molecule has 2 aromatic carbocycles. The number of nitrogens with one attached hydrogen (secondary N) is 2. The number of amides is 2. The van der Waals surface area contributed by atoms with Crippen LogP contribution in [0, 0.1) is 11.5 Å². The number of aliphatic hydroxyl groups is 1. The lowest BCUT2D eigenvalue weighted by Gasteiger charge is -2.19. The maximum Gasteiger partial charge on any atom is 0.355 e. The third-order valence-corrected chi connectivity index (χ3v) is 7.64. The minimum Gasteiger partial charge on any atom is -0.386 e. The van der Waals surface area contributed by atoms with Gasteiger partial charge in [-0.25, -0.2) is 13.7 Å². The van der Waals surface area contributed by atoms with Crippen LogP contribution in [0.3, 0.4) is 0 Å². The highest BCUT2D eigenvalue weighted by Crippen LogP contribution is 2.38. The summed E-state index contributed by atoms with van der Waals surface area (Å²) in [5.41, 5.74) is 4.97. The molecule has 0 saturated heterocycles. The van der Waals surface area contributed by atoms with Crippen molar-refractivity contribution in [2.75, 3.05) is 5.32 Å². The molecule has 0 radical (unpaired) electrons. The lowest BCUT2D eigenvalue weighted by Crippen LogP contribution is -2.23. The highest BCUT2D eigenvalue weighted by molar-refractivity contribution is 7.92. The van der Waals surface area contributed by atoms with Crippen molar-refractivity contribution in [2.45, 2.75) is 62.9 Å². The van der Waals surface area contributed by atoms with E-state index in [9.17, 15) is 14.1 Å². The first-order valence-electron chi connectivity index (χ1n) is 10.4. The Bertz CT molecular complexity index is 1180. The SMILES string of the molecule is CC(C)(O)c1cccc([S@](=O)(=NC(=O)Nc2c3c(cc4c2CCC4)CCC3)NC#N)c1. The number of urea groups is 1. The van der Waals surface area contributed by atoms with Crippen LogP contribution >= 0.6 is 0 Å². The van der Waals surface area contributed by atoms with Gasteiger partial charge in [-0.05, 0) is 92.3 Å². The molecule has 0 spiro atoms. The molecular weight excluding hydrogens is 412 g/mol. The lowest BCUT2D eigenvalue weighted by atomic mass is 9.99. The summed E-state index contributed by atoms with van der Waals surface area (Å²) in [6.45, 7) is 3.21. The van der Waals surface area contributed by atoms with Crippen LogP contribution in [-0.4, -0.2) is 15.3 Å². The number of benzene rings is 2. The topological polar surface area (TPSA) is 115 Å². The van der Waals surface area contributed by atoms with Crippen molar-refractivity contribution in [1.82, 2.24) is 4.72 Å². The van der Waals surface area contributed by atoms with Gasteiger partial charge in [0.1, 0.15) is 0 Å². The third kappa shape index (κ3) is 4.16. The molecule has 8 heteroatoms. The maximum atomic E-state index is 13.5. The van der Waals surface area contributed by atoms with Crippen molar-refractivity contribution in [3.05, 3.63) is 58.1 Å². The van der Waals surface area contributed by atoms with E-state index in [1.54, 1.807) is 32.2 Å². The molecule has 2 aliphatic rings. The van der Waals surface area contributed by atoms with Gasteiger partial charge >= 0.3 is 6.03 Å². The molecule has 1 atom stereocenters. The molecule has 2 aromatic rings. The molecule has 0 saturated carbocycles. The Hall–Kier alpha value is -2.89. The number of rotatable bonds is 4. The molecule has 0 heterocycles. The quantitative estimate of drug-likeness (QED) is 0.495. The first-order chi connectivity index (χ1) is 14.7. The number of nitriles is 1. The summed E-state index contributed by atoms with van der Waals surface area (Å²) in [7, 11) is -3.56. The molecular formula is C23H26N4O3S. The van der Waals surface area contributed by atoms with Crippen molar-refractivity contribution in [2.24, 2.45) is 4.36 Å². The molecule has 0 bridgehead atoms. The van der Waals surface area contributed by atoms with E-state index in [0.717, 1.165) is 55.3 Å². The van der Waals surface area contributed by atoms with Crippen molar-refractivity contribution < 1.29 is 14.1 Å². The second kappa shape index (κ2) is 7.98. The first-order valence-corrected chi connectivity index (χ1v) is 12.0. The largest absolute Gasteiger partial charge is 0.386 e. The molecule has 4 rings (SSSR count). The lowest BCUT2D eigenvalue weighted by molar-refractivity contribution is 0.0784. The molecule has 3 N–H and O–H groups in total. The van der Waals surface area contributed by atoms with Crippen LogP contribution in [0.4, 0.5) is 10.5 Å². The number of hydrogen-bond donors (Lipinski definition) is 3. The molecule has 0 fully saturated rings. The maximum absolute atomic E-state index is 13.5. The second-order valence-electron chi connectivity index (χ2n) is 8.58. The van der Waals surface area contributed by atoms with Gasteiger partial charge < -0.3 is 10.4 Å². The van der Waals surface area contributed by atoms with E-state index in [1.807, 2.05) is 0 Å². The summed E-state index contributed by atoms with van der Waals surface area (Å²) in [5, 5.41) is 22.3. The van der Waals surface area contributed by atoms with E-state index in [4.69, 9.17) is 5.26 Å². The highest BCUT2D eigenvalue weighted by atomic mass is 32.2. The van der Waals surface area contributed by atoms with Crippen molar-refractivity contribution in [3.8, 4) is 6.19 Å². The Morgan fingerprint density at radius 1 is 1.13 bits per heavy atom. The summed E-state index contributed by atoms with van der Waals surface area (Å²) in [6, 6.07) is 7.84. The average molecular weight is 439 g/mol. The molecule has 0 unspecified atom stereocenters.